The Labute approximate surface area is 117 Å². The van der Waals surface area contributed by atoms with Crippen LogP contribution in [0.1, 0.15) is 12.5 Å². The van der Waals surface area contributed by atoms with Gasteiger partial charge in [-0.2, -0.15) is 0 Å². The second-order valence-electron chi connectivity index (χ2n) is 4.16. The van der Waals surface area contributed by atoms with Gasteiger partial charge in [0.2, 0.25) is 0 Å². The molecule has 1 aliphatic rings. The summed E-state index contributed by atoms with van der Waals surface area (Å²) in [5, 5.41) is 4.02. The Morgan fingerprint density at radius 1 is 1.47 bits per heavy atom. The molecule has 0 spiro atoms. The number of nitrogens with one attached hydrogen (secondary N) is 1. The van der Waals surface area contributed by atoms with Gasteiger partial charge < -0.3 is 10.1 Å². The predicted octanol–water partition coefficient (Wildman–Crippen LogP) is 1.89. The van der Waals surface area contributed by atoms with Gasteiger partial charge in [-0.3, -0.25) is 9.79 Å². The summed E-state index contributed by atoms with van der Waals surface area (Å²) in [5.41, 5.74) is 0.955. The van der Waals surface area contributed by atoms with Crippen molar-refractivity contribution in [3.05, 3.63) is 29.8 Å². The van der Waals surface area contributed by atoms with Crippen molar-refractivity contribution >= 4 is 22.7 Å². The fourth-order valence-electron chi connectivity index (χ4n) is 1.83. The Bertz CT molecular complexity index is 474. The number of rotatable bonds is 6. The Balaban J connectivity index is 1.87. The standard InChI is InChI=1S/C14H18N2O2S/c1-2-18-13-6-4-3-5-11(13)9-12(17)10-19-14-15-7-8-16-14/h3-6H,2,7-10H2,1H3,(H,15,16). The summed E-state index contributed by atoms with van der Waals surface area (Å²) in [6.45, 7) is 4.24. The molecular formula is C14H18N2O2S. The molecule has 4 nitrogen and oxygen atoms in total. The van der Waals surface area contributed by atoms with Crippen LogP contribution >= 0.6 is 11.8 Å². The van der Waals surface area contributed by atoms with E-state index in [0.717, 1.165) is 29.6 Å². The van der Waals surface area contributed by atoms with E-state index in [0.29, 0.717) is 18.8 Å². The summed E-state index contributed by atoms with van der Waals surface area (Å²) in [6.07, 6.45) is 0.413. The first kappa shape index (κ1) is 13.9. The zero-order valence-corrected chi connectivity index (χ0v) is 11.8. The molecule has 1 aliphatic heterocycles. The fourth-order valence-corrected chi connectivity index (χ4v) is 2.62. The summed E-state index contributed by atoms with van der Waals surface area (Å²) in [5.74, 6) is 1.44. The van der Waals surface area contributed by atoms with Crippen LogP contribution in [0, 0.1) is 0 Å². The number of hydrogen-bond acceptors (Lipinski definition) is 5. The molecule has 1 N–H and O–H groups in total. The van der Waals surface area contributed by atoms with Gasteiger partial charge in [0.25, 0.3) is 0 Å². The summed E-state index contributed by atoms with van der Waals surface area (Å²) in [7, 11) is 0. The molecule has 1 aromatic rings. The van der Waals surface area contributed by atoms with E-state index in [1.165, 1.54) is 11.8 Å². The number of ketones is 1. The van der Waals surface area contributed by atoms with E-state index >= 15 is 0 Å². The third kappa shape index (κ3) is 4.28. The van der Waals surface area contributed by atoms with Crippen LogP contribution in [0.5, 0.6) is 5.75 Å². The predicted molar refractivity (Wildman–Crippen MR) is 79.1 cm³/mol. The first-order valence-electron chi connectivity index (χ1n) is 6.43. The maximum atomic E-state index is 12.0. The number of aliphatic imine (C=N–C) groups is 1. The highest BCUT2D eigenvalue weighted by Crippen LogP contribution is 2.19. The SMILES string of the molecule is CCOc1ccccc1CC(=O)CSC1=NCCN1. The van der Waals surface area contributed by atoms with Gasteiger partial charge in [-0.15, -0.1) is 0 Å². The minimum atomic E-state index is 0.188. The van der Waals surface area contributed by atoms with Gasteiger partial charge in [0.15, 0.2) is 5.17 Å². The summed E-state index contributed by atoms with van der Waals surface area (Å²) < 4.78 is 5.52. The van der Waals surface area contributed by atoms with E-state index < -0.39 is 0 Å². The number of thioether (sulfide) groups is 1. The average Bonchev–Trinajstić information content (AvgIpc) is 2.92. The molecule has 1 heterocycles. The molecule has 0 saturated carbocycles. The zero-order valence-electron chi connectivity index (χ0n) is 11.0. The van der Waals surface area contributed by atoms with Crippen molar-refractivity contribution < 1.29 is 9.53 Å². The summed E-state index contributed by atoms with van der Waals surface area (Å²) in [4.78, 5) is 16.2. The highest BCUT2D eigenvalue weighted by atomic mass is 32.2. The lowest BCUT2D eigenvalue weighted by atomic mass is 10.1. The fraction of sp³-hybridized carbons (Fsp3) is 0.429. The van der Waals surface area contributed by atoms with Crippen LogP contribution in [0.3, 0.4) is 0 Å². The number of nitrogens with zero attached hydrogens (tertiary/aromatic N) is 1. The van der Waals surface area contributed by atoms with Gasteiger partial charge in [0, 0.05) is 18.5 Å². The van der Waals surface area contributed by atoms with E-state index in [-0.39, 0.29) is 5.78 Å². The molecule has 5 heteroatoms. The molecule has 19 heavy (non-hydrogen) atoms. The molecule has 2 rings (SSSR count). The monoisotopic (exact) mass is 278 g/mol. The average molecular weight is 278 g/mol. The van der Waals surface area contributed by atoms with E-state index in [4.69, 9.17) is 4.74 Å². The third-order valence-corrected chi connectivity index (χ3v) is 3.69. The normalized spacial score (nSPS) is 13.8. The Kier molecular flexibility index (Phi) is 5.27. The molecule has 0 saturated heterocycles. The molecule has 0 aromatic heterocycles. The van der Waals surface area contributed by atoms with Gasteiger partial charge in [0.1, 0.15) is 11.5 Å². The molecule has 0 unspecified atom stereocenters. The Hall–Kier alpha value is -1.49. The van der Waals surface area contributed by atoms with Gasteiger partial charge in [0.05, 0.1) is 18.9 Å². The first-order valence-corrected chi connectivity index (χ1v) is 7.41. The highest BCUT2D eigenvalue weighted by molar-refractivity contribution is 8.14. The molecule has 0 fully saturated rings. The number of carbonyl (C=O) groups is 1. The number of Topliss-reactive ketones (excluding diaryl/α,β-unsaturated/α-hetero) is 1. The molecule has 0 aliphatic carbocycles. The second-order valence-corrected chi connectivity index (χ2v) is 5.12. The lowest BCUT2D eigenvalue weighted by molar-refractivity contribution is -0.116. The van der Waals surface area contributed by atoms with Crippen LogP contribution in [-0.4, -0.2) is 36.4 Å². The van der Waals surface area contributed by atoms with Crippen LogP contribution in [-0.2, 0) is 11.2 Å². The van der Waals surface area contributed by atoms with E-state index in [1.54, 1.807) is 0 Å². The second kappa shape index (κ2) is 7.19. The smallest absolute Gasteiger partial charge is 0.157 e. The van der Waals surface area contributed by atoms with Crippen LogP contribution in [0.4, 0.5) is 0 Å². The van der Waals surface area contributed by atoms with Gasteiger partial charge in [-0.1, -0.05) is 30.0 Å². The topological polar surface area (TPSA) is 50.7 Å². The quantitative estimate of drug-likeness (QED) is 0.863. The molecule has 0 atom stereocenters. The highest BCUT2D eigenvalue weighted by Gasteiger charge is 2.12. The zero-order chi connectivity index (χ0) is 13.5. The molecular weight excluding hydrogens is 260 g/mol. The van der Waals surface area contributed by atoms with E-state index in [9.17, 15) is 4.79 Å². The minimum absolute atomic E-state index is 0.188. The maximum absolute atomic E-state index is 12.0. The van der Waals surface area contributed by atoms with Gasteiger partial charge >= 0.3 is 0 Å². The molecule has 0 radical (unpaired) electrons. The number of amidine groups is 1. The van der Waals surface area contributed by atoms with Crippen molar-refractivity contribution in [1.29, 1.82) is 0 Å². The van der Waals surface area contributed by atoms with E-state index in [2.05, 4.69) is 10.3 Å². The number of benzene rings is 1. The van der Waals surface area contributed by atoms with Crippen molar-refractivity contribution in [2.75, 3.05) is 25.4 Å². The summed E-state index contributed by atoms with van der Waals surface area (Å²) >= 11 is 1.48. The van der Waals surface area contributed by atoms with Crippen LogP contribution in [0.2, 0.25) is 0 Å². The molecule has 1 aromatic carbocycles. The maximum Gasteiger partial charge on any atom is 0.157 e. The Morgan fingerprint density at radius 3 is 3.05 bits per heavy atom. The van der Waals surface area contributed by atoms with Crippen molar-refractivity contribution in [3.63, 3.8) is 0 Å². The number of ether oxygens (including phenoxy) is 1. The molecule has 0 bridgehead atoms. The van der Waals surface area contributed by atoms with Crippen LogP contribution in [0.25, 0.3) is 0 Å². The molecule has 102 valence electrons. The van der Waals surface area contributed by atoms with E-state index in [1.807, 2.05) is 31.2 Å². The minimum Gasteiger partial charge on any atom is -0.494 e. The van der Waals surface area contributed by atoms with Crippen LogP contribution < -0.4 is 10.1 Å². The largest absolute Gasteiger partial charge is 0.494 e. The first-order chi connectivity index (χ1) is 9.29. The number of carbonyl (C=O) groups excluding carboxylic acids is 1. The van der Waals surface area contributed by atoms with Crippen molar-refractivity contribution in [2.24, 2.45) is 4.99 Å². The Morgan fingerprint density at radius 2 is 2.32 bits per heavy atom. The van der Waals surface area contributed by atoms with Gasteiger partial charge in [-0.25, -0.2) is 0 Å². The van der Waals surface area contributed by atoms with Crippen molar-refractivity contribution in [2.45, 2.75) is 13.3 Å². The number of para-hydroxylation sites is 1. The summed E-state index contributed by atoms with van der Waals surface area (Å²) in [6, 6.07) is 7.70. The lowest BCUT2D eigenvalue weighted by Crippen LogP contribution is -2.17. The van der Waals surface area contributed by atoms with Crippen molar-refractivity contribution in [1.82, 2.24) is 5.32 Å². The lowest BCUT2D eigenvalue weighted by Gasteiger charge is -2.09. The number of hydrogen-bond donors (Lipinski definition) is 1. The van der Waals surface area contributed by atoms with Crippen molar-refractivity contribution in [3.8, 4) is 5.75 Å². The van der Waals surface area contributed by atoms with Crippen LogP contribution in [0.15, 0.2) is 29.3 Å². The third-order valence-electron chi connectivity index (χ3n) is 2.67. The molecule has 0 amide bonds. The van der Waals surface area contributed by atoms with Gasteiger partial charge in [-0.05, 0) is 13.0 Å².